The molecule has 0 heterocycles. The molecule has 0 amide bonds. The van der Waals surface area contributed by atoms with Gasteiger partial charge in [0.1, 0.15) is 6.10 Å². The van der Waals surface area contributed by atoms with Crippen LogP contribution in [0.4, 0.5) is 0 Å². The molecule has 0 fully saturated rings. The van der Waals surface area contributed by atoms with E-state index in [-0.39, 0.29) is 24.6 Å². The Labute approximate surface area is 194 Å². The van der Waals surface area contributed by atoms with Crippen LogP contribution in [0.5, 0.6) is 0 Å². The van der Waals surface area contributed by atoms with Gasteiger partial charge in [0.05, 0.1) is 12.7 Å². The first-order valence-corrected chi connectivity index (χ1v) is 12.6. The van der Waals surface area contributed by atoms with Gasteiger partial charge in [-0.15, -0.1) is 0 Å². The minimum Gasteiger partial charge on any atom is -0.481 e. The lowest BCUT2D eigenvalue weighted by Crippen LogP contribution is -2.21. The van der Waals surface area contributed by atoms with Crippen molar-refractivity contribution in [1.82, 2.24) is 0 Å². The molecule has 1 aromatic carbocycles. The Morgan fingerprint density at radius 3 is 2.03 bits per heavy atom. The first kappa shape index (κ1) is 28.2. The van der Waals surface area contributed by atoms with Crippen LogP contribution in [-0.2, 0) is 25.7 Å². The SMILES string of the molecule is CCCCCCCC(CCC(CCCCCCC(=O)O)OC(C)=O)OCc1ccccc1. The number of carboxylic acids is 1. The molecule has 1 aromatic rings. The van der Waals surface area contributed by atoms with Gasteiger partial charge in [-0.2, -0.15) is 0 Å². The minimum atomic E-state index is -0.737. The summed E-state index contributed by atoms with van der Waals surface area (Å²) in [6.45, 7) is 4.31. The second kappa shape index (κ2) is 18.7. The van der Waals surface area contributed by atoms with E-state index in [1.54, 1.807) is 0 Å². The highest BCUT2D eigenvalue weighted by Crippen LogP contribution is 2.20. The van der Waals surface area contributed by atoms with Crippen molar-refractivity contribution in [2.45, 2.75) is 123 Å². The van der Waals surface area contributed by atoms with Gasteiger partial charge in [-0.3, -0.25) is 9.59 Å². The molecule has 5 heteroatoms. The highest BCUT2D eigenvalue weighted by molar-refractivity contribution is 5.66. The summed E-state index contributed by atoms with van der Waals surface area (Å²) >= 11 is 0. The maximum Gasteiger partial charge on any atom is 0.303 e. The third-order valence-corrected chi connectivity index (χ3v) is 5.77. The van der Waals surface area contributed by atoms with Crippen LogP contribution < -0.4 is 0 Å². The van der Waals surface area contributed by atoms with Gasteiger partial charge in [0, 0.05) is 13.3 Å². The number of aliphatic carboxylic acids is 1. The van der Waals surface area contributed by atoms with Crippen LogP contribution in [0.3, 0.4) is 0 Å². The van der Waals surface area contributed by atoms with Crippen molar-refractivity contribution in [3.8, 4) is 0 Å². The number of esters is 1. The topological polar surface area (TPSA) is 72.8 Å². The molecule has 0 radical (unpaired) electrons. The minimum absolute atomic E-state index is 0.0881. The maximum atomic E-state index is 11.6. The fourth-order valence-electron chi connectivity index (χ4n) is 3.95. The number of carbonyl (C=O) groups is 2. The average molecular weight is 449 g/mol. The number of unbranched alkanes of at least 4 members (excludes halogenated alkanes) is 7. The van der Waals surface area contributed by atoms with E-state index in [0.29, 0.717) is 13.0 Å². The molecule has 0 spiro atoms. The highest BCUT2D eigenvalue weighted by atomic mass is 16.5. The second-order valence-corrected chi connectivity index (χ2v) is 8.78. The van der Waals surface area contributed by atoms with E-state index < -0.39 is 5.97 Å². The van der Waals surface area contributed by atoms with Crippen molar-refractivity contribution in [1.29, 1.82) is 0 Å². The van der Waals surface area contributed by atoms with E-state index in [4.69, 9.17) is 14.6 Å². The molecule has 2 atom stereocenters. The molecule has 0 aliphatic rings. The van der Waals surface area contributed by atoms with Gasteiger partial charge < -0.3 is 14.6 Å². The smallest absolute Gasteiger partial charge is 0.303 e. The van der Waals surface area contributed by atoms with E-state index in [1.807, 2.05) is 18.2 Å². The first-order chi connectivity index (χ1) is 15.5. The lowest BCUT2D eigenvalue weighted by Gasteiger charge is -2.22. The normalized spacial score (nSPS) is 12.9. The standard InChI is InChI=1S/C27H44O5/c1-3-4-5-6-12-17-25(31-22-24-15-10-9-11-16-24)20-21-26(32-23(2)28)18-13-7-8-14-19-27(29)30/h9-11,15-16,25-26H,3-8,12-14,17-22H2,1-2H3,(H,29,30). The van der Waals surface area contributed by atoms with Gasteiger partial charge in [0.2, 0.25) is 0 Å². The van der Waals surface area contributed by atoms with E-state index >= 15 is 0 Å². The van der Waals surface area contributed by atoms with Gasteiger partial charge in [-0.05, 0) is 44.1 Å². The third-order valence-electron chi connectivity index (χ3n) is 5.77. The number of hydrogen-bond donors (Lipinski definition) is 1. The quantitative estimate of drug-likeness (QED) is 0.171. The van der Waals surface area contributed by atoms with Gasteiger partial charge in [-0.25, -0.2) is 0 Å². The Bertz CT molecular complexity index is 601. The molecular weight excluding hydrogens is 404 g/mol. The van der Waals surface area contributed by atoms with Crippen molar-refractivity contribution in [2.75, 3.05) is 0 Å². The second-order valence-electron chi connectivity index (χ2n) is 8.78. The van der Waals surface area contributed by atoms with Crippen molar-refractivity contribution in [3.05, 3.63) is 35.9 Å². The summed E-state index contributed by atoms with van der Waals surface area (Å²) in [7, 11) is 0. The summed E-state index contributed by atoms with van der Waals surface area (Å²) in [5.41, 5.74) is 1.18. The van der Waals surface area contributed by atoms with Crippen molar-refractivity contribution in [2.24, 2.45) is 0 Å². The fourth-order valence-corrected chi connectivity index (χ4v) is 3.95. The molecule has 0 saturated heterocycles. The van der Waals surface area contributed by atoms with Crippen LogP contribution in [0.25, 0.3) is 0 Å². The molecule has 1 N–H and O–H groups in total. The number of carbonyl (C=O) groups excluding carboxylic acids is 1. The number of carboxylic acid groups (broad SMARTS) is 1. The van der Waals surface area contributed by atoms with Gasteiger partial charge >= 0.3 is 11.9 Å². The predicted octanol–water partition coefficient (Wildman–Crippen LogP) is 7.07. The molecule has 0 aromatic heterocycles. The maximum absolute atomic E-state index is 11.6. The fraction of sp³-hybridized carbons (Fsp3) is 0.704. The Kier molecular flexibility index (Phi) is 16.4. The summed E-state index contributed by atoms with van der Waals surface area (Å²) in [6, 6.07) is 10.3. The van der Waals surface area contributed by atoms with Crippen LogP contribution >= 0.6 is 0 Å². The molecule has 2 unspecified atom stereocenters. The summed E-state index contributed by atoms with van der Waals surface area (Å²) in [4.78, 5) is 22.2. The van der Waals surface area contributed by atoms with Crippen molar-refractivity contribution < 1.29 is 24.2 Å². The zero-order valence-corrected chi connectivity index (χ0v) is 20.2. The highest BCUT2D eigenvalue weighted by Gasteiger charge is 2.17. The Morgan fingerprint density at radius 1 is 0.812 bits per heavy atom. The van der Waals surface area contributed by atoms with Gasteiger partial charge in [-0.1, -0.05) is 82.2 Å². The van der Waals surface area contributed by atoms with Crippen LogP contribution in [0, 0.1) is 0 Å². The third kappa shape index (κ3) is 15.9. The summed E-state index contributed by atoms with van der Waals surface area (Å²) in [5.74, 6) is -0.971. The van der Waals surface area contributed by atoms with E-state index in [1.165, 1.54) is 44.6 Å². The van der Waals surface area contributed by atoms with Crippen LogP contribution in [-0.4, -0.2) is 29.3 Å². The van der Waals surface area contributed by atoms with Crippen molar-refractivity contribution >= 4 is 11.9 Å². The molecule has 0 saturated carbocycles. The lowest BCUT2D eigenvalue weighted by molar-refractivity contribution is -0.147. The number of benzene rings is 1. The molecule has 0 bridgehead atoms. The Balaban J connectivity index is 2.47. The monoisotopic (exact) mass is 448 g/mol. The van der Waals surface area contributed by atoms with Gasteiger partial charge in [0.25, 0.3) is 0 Å². The van der Waals surface area contributed by atoms with Crippen LogP contribution in [0.2, 0.25) is 0 Å². The predicted molar refractivity (Wildman–Crippen MR) is 129 cm³/mol. The number of hydrogen-bond acceptors (Lipinski definition) is 4. The molecule has 0 aliphatic heterocycles. The molecule has 182 valence electrons. The first-order valence-electron chi connectivity index (χ1n) is 12.6. The number of rotatable bonds is 20. The van der Waals surface area contributed by atoms with Crippen LogP contribution in [0.15, 0.2) is 30.3 Å². The molecular formula is C27H44O5. The zero-order chi connectivity index (χ0) is 23.4. The summed E-state index contributed by atoms with van der Waals surface area (Å²) < 4.78 is 11.9. The molecule has 1 rings (SSSR count). The average Bonchev–Trinajstić information content (AvgIpc) is 2.77. The van der Waals surface area contributed by atoms with Crippen molar-refractivity contribution in [3.63, 3.8) is 0 Å². The van der Waals surface area contributed by atoms with Crippen LogP contribution in [0.1, 0.15) is 109 Å². The summed E-state index contributed by atoms with van der Waals surface area (Å²) in [6.07, 6.45) is 13.6. The lowest BCUT2D eigenvalue weighted by atomic mass is 9.99. The van der Waals surface area contributed by atoms with E-state index in [2.05, 4.69) is 19.1 Å². The Hall–Kier alpha value is -1.88. The zero-order valence-electron chi connectivity index (χ0n) is 20.2. The largest absolute Gasteiger partial charge is 0.481 e. The molecule has 32 heavy (non-hydrogen) atoms. The molecule has 5 nitrogen and oxygen atoms in total. The van der Waals surface area contributed by atoms with Gasteiger partial charge in [0.15, 0.2) is 0 Å². The van der Waals surface area contributed by atoms with E-state index in [9.17, 15) is 9.59 Å². The Morgan fingerprint density at radius 2 is 1.41 bits per heavy atom. The summed E-state index contributed by atoms with van der Waals surface area (Å²) in [5, 5.41) is 8.73. The van der Waals surface area contributed by atoms with E-state index in [0.717, 1.165) is 44.9 Å². The number of ether oxygens (including phenoxy) is 2. The molecule has 0 aliphatic carbocycles.